The lowest BCUT2D eigenvalue weighted by Crippen LogP contribution is -2.55. The molecular weight excluding hydrogens is 262 g/mol. The molecule has 104 valence electrons. The minimum Gasteiger partial charge on any atom is -0.367 e. The molecular formula is C15H20ClNO2. The highest BCUT2D eigenvalue weighted by atomic mass is 35.5. The fourth-order valence-corrected chi connectivity index (χ4v) is 2.65. The summed E-state index contributed by atoms with van der Waals surface area (Å²) in [6.45, 7) is 7.11. The summed E-state index contributed by atoms with van der Waals surface area (Å²) in [7, 11) is 0. The first-order valence-electron chi connectivity index (χ1n) is 6.51. The molecule has 0 aromatic heterocycles. The van der Waals surface area contributed by atoms with E-state index in [0.717, 1.165) is 11.1 Å². The van der Waals surface area contributed by atoms with Gasteiger partial charge in [0.05, 0.1) is 17.6 Å². The van der Waals surface area contributed by atoms with Gasteiger partial charge in [-0.05, 0) is 32.9 Å². The number of carbonyl (C=O) groups is 1. The van der Waals surface area contributed by atoms with Gasteiger partial charge in [0.15, 0.2) is 0 Å². The molecule has 1 aromatic carbocycles. The van der Waals surface area contributed by atoms with Crippen molar-refractivity contribution in [2.24, 2.45) is 0 Å². The Morgan fingerprint density at radius 1 is 1.53 bits per heavy atom. The highest BCUT2D eigenvalue weighted by Crippen LogP contribution is 2.23. The lowest BCUT2D eigenvalue weighted by Gasteiger charge is -2.42. The van der Waals surface area contributed by atoms with Gasteiger partial charge in [-0.15, -0.1) is 11.6 Å². The molecule has 2 rings (SSSR count). The molecule has 1 amide bonds. The van der Waals surface area contributed by atoms with Gasteiger partial charge in [0, 0.05) is 18.7 Å². The van der Waals surface area contributed by atoms with Gasteiger partial charge in [0.2, 0.25) is 0 Å². The van der Waals surface area contributed by atoms with Crippen LogP contribution in [0.1, 0.15) is 29.8 Å². The zero-order valence-electron chi connectivity index (χ0n) is 11.6. The molecule has 1 unspecified atom stereocenters. The molecule has 0 radical (unpaired) electrons. The van der Waals surface area contributed by atoms with Gasteiger partial charge in [-0.25, -0.2) is 0 Å². The van der Waals surface area contributed by atoms with Crippen LogP contribution in [0.15, 0.2) is 24.3 Å². The molecule has 4 heteroatoms. The molecule has 0 saturated carbocycles. The Labute approximate surface area is 119 Å². The first kappa shape index (κ1) is 14.4. The Balaban J connectivity index is 2.18. The average molecular weight is 282 g/mol. The molecule has 1 saturated heterocycles. The van der Waals surface area contributed by atoms with E-state index in [4.69, 9.17) is 16.3 Å². The summed E-state index contributed by atoms with van der Waals surface area (Å²) in [6, 6.07) is 7.67. The number of rotatable bonds is 2. The Morgan fingerprint density at radius 3 is 2.89 bits per heavy atom. The number of hydrogen-bond acceptors (Lipinski definition) is 2. The Hall–Kier alpha value is -1.06. The van der Waals surface area contributed by atoms with Crippen molar-refractivity contribution in [3.05, 3.63) is 35.4 Å². The van der Waals surface area contributed by atoms with Gasteiger partial charge in [0.25, 0.3) is 5.91 Å². The van der Waals surface area contributed by atoms with Crippen LogP contribution in [-0.4, -0.2) is 41.5 Å². The molecule has 19 heavy (non-hydrogen) atoms. The van der Waals surface area contributed by atoms with Crippen LogP contribution in [0.25, 0.3) is 0 Å². The third-order valence-electron chi connectivity index (χ3n) is 3.21. The van der Waals surface area contributed by atoms with Gasteiger partial charge < -0.3 is 9.64 Å². The van der Waals surface area contributed by atoms with Crippen molar-refractivity contribution < 1.29 is 9.53 Å². The maximum Gasteiger partial charge on any atom is 0.254 e. The molecule has 1 aliphatic rings. The van der Waals surface area contributed by atoms with Crippen molar-refractivity contribution in [1.82, 2.24) is 4.90 Å². The van der Waals surface area contributed by atoms with E-state index in [1.807, 2.05) is 49.9 Å². The second-order valence-corrected chi connectivity index (χ2v) is 6.02. The maximum atomic E-state index is 12.5. The van der Waals surface area contributed by atoms with E-state index in [1.165, 1.54) is 0 Å². The second-order valence-electron chi connectivity index (χ2n) is 5.71. The number of amides is 1. The summed E-state index contributed by atoms with van der Waals surface area (Å²) in [5.41, 5.74) is 1.47. The fraction of sp³-hybridized carbons (Fsp3) is 0.533. The van der Waals surface area contributed by atoms with Crippen molar-refractivity contribution in [2.45, 2.75) is 32.5 Å². The van der Waals surface area contributed by atoms with E-state index in [9.17, 15) is 4.79 Å². The van der Waals surface area contributed by atoms with Crippen LogP contribution in [-0.2, 0) is 4.74 Å². The monoisotopic (exact) mass is 281 g/mol. The number of morpholine rings is 1. The molecule has 0 N–H and O–H groups in total. The Morgan fingerprint density at radius 2 is 2.26 bits per heavy atom. The molecule has 1 aromatic rings. The standard InChI is InChI=1S/C15H20ClNO2/c1-11-5-4-6-12(7-11)14(18)17-9-13(8-16)19-15(2,3)10-17/h4-7,13H,8-10H2,1-3H3. The largest absolute Gasteiger partial charge is 0.367 e. The Bertz CT molecular complexity index is 473. The average Bonchev–Trinajstić information content (AvgIpc) is 2.36. The first-order chi connectivity index (χ1) is 8.91. The number of nitrogens with zero attached hydrogens (tertiary/aromatic N) is 1. The molecule has 1 heterocycles. The van der Waals surface area contributed by atoms with Crippen LogP contribution in [0.5, 0.6) is 0 Å². The number of benzene rings is 1. The smallest absolute Gasteiger partial charge is 0.254 e. The summed E-state index contributed by atoms with van der Waals surface area (Å²) in [5.74, 6) is 0.455. The van der Waals surface area contributed by atoms with E-state index in [-0.39, 0.29) is 17.6 Å². The number of ether oxygens (including phenoxy) is 1. The second kappa shape index (κ2) is 5.51. The number of alkyl halides is 1. The van der Waals surface area contributed by atoms with Gasteiger partial charge >= 0.3 is 0 Å². The van der Waals surface area contributed by atoms with Crippen molar-refractivity contribution in [2.75, 3.05) is 19.0 Å². The fourth-order valence-electron chi connectivity index (χ4n) is 2.49. The molecule has 3 nitrogen and oxygen atoms in total. The molecule has 0 aliphatic carbocycles. The molecule has 1 atom stereocenters. The van der Waals surface area contributed by atoms with Crippen molar-refractivity contribution in [3.8, 4) is 0 Å². The number of hydrogen-bond donors (Lipinski definition) is 0. The number of aryl methyl sites for hydroxylation is 1. The molecule has 1 aliphatic heterocycles. The van der Waals surface area contributed by atoms with Crippen LogP contribution in [0, 0.1) is 6.92 Å². The summed E-state index contributed by atoms with van der Waals surface area (Å²) in [6.07, 6.45) is -0.0980. The number of carbonyl (C=O) groups excluding carboxylic acids is 1. The summed E-state index contributed by atoms with van der Waals surface area (Å²) >= 11 is 5.89. The third-order valence-corrected chi connectivity index (χ3v) is 3.55. The SMILES string of the molecule is Cc1cccc(C(=O)N2CC(CCl)OC(C)(C)C2)c1. The predicted molar refractivity (Wildman–Crippen MR) is 76.8 cm³/mol. The number of halogens is 1. The van der Waals surface area contributed by atoms with E-state index in [1.54, 1.807) is 0 Å². The highest BCUT2D eigenvalue weighted by Gasteiger charge is 2.35. The van der Waals surface area contributed by atoms with Crippen LogP contribution < -0.4 is 0 Å². The summed E-state index contributed by atoms with van der Waals surface area (Å²) in [5, 5.41) is 0. The lowest BCUT2D eigenvalue weighted by molar-refractivity contribution is -0.117. The van der Waals surface area contributed by atoms with Gasteiger partial charge in [-0.3, -0.25) is 4.79 Å². The van der Waals surface area contributed by atoms with E-state index >= 15 is 0 Å². The minimum atomic E-state index is -0.350. The van der Waals surface area contributed by atoms with Crippen molar-refractivity contribution in [3.63, 3.8) is 0 Å². The zero-order chi connectivity index (χ0) is 14.0. The Kier molecular flexibility index (Phi) is 4.16. The molecule has 0 bridgehead atoms. The third kappa shape index (κ3) is 3.48. The topological polar surface area (TPSA) is 29.5 Å². The summed E-state index contributed by atoms with van der Waals surface area (Å²) in [4.78, 5) is 14.4. The maximum absolute atomic E-state index is 12.5. The predicted octanol–water partition coefficient (Wildman–Crippen LogP) is 2.85. The lowest BCUT2D eigenvalue weighted by atomic mass is 10.0. The van der Waals surface area contributed by atoms with Crippen molar-refractivity contribution >= 4 is 17.5 Å². The van der Waals surface area contributed by atoms with Crippen LogP contribution in [0.4, 0.5) is 0 Å². The zero-order valence-corrected chi connectivity index (χ0v) is 12.4. The quantitative estimate of drug-likeness (QED) is 0.780. The van der Waals surface area contributed by atoms with E-state index in [2.05, 4.69) is 0 Å². The van der Waals surface area contributed by atoms with Crippen molar-refractivity contribution in [1.29, 1.82) is 0 Å². The highest BCUT2D eigenvalue weighted by molar-refractivity contribution is 6.18. The summed E-state index contributed by atoms with van der Waals surface area (Å²) < 4.78 is 5.84. The van der Waals surface area contributed by atoms with Crippen LogP contribution in [0.2, 0.25) is 0 Å². The van der Waals surface area contributed by atoms with E-state index < -0.39 is 0 Å². The van der Waals surface area contributed by atoms with Crippen LogP contribution in [0.3, 0.4) is 0 Å². The first-order valence-corrected chi connectivity index (χ1v) is 7.04. The molecule has 0 spiro atoms. The van der Waals surface area contributed by atoms with Gasteiger partial charge in [-0.2, -0.15) is 0 Å². The minimum absolute atomic E-state index is 0.0511. The van der Waals surface area contributed by atoms with Crippen LogP contribution >= 0.6 is 11.6 Å². The molecule has 1 fully saturated rings. The van der Waals surface area contributed by atoms with Gasteiger partial charge in [-0.1, -0.05) is 17.7 Å². The van der Waals surface area contributed by atoms with E-state index in [0.29, 0.717) is 19.0 Å². The normalized spacial score (nSPS) is 22.3. The van der Waals surface area contributed by atoms with Gasteiger partial charge in [0.1, 0.15) is 0 Å².